The lowest BCUT2D eigenvalue weighted by Gasteiger charge is -2.30. The maximum absolute atomic E-state index is 12.8. The van der Waals surface area contributed by atoms with Gasteiger partial charge in [0.25, 0.3) is 11.8 Å². The molecular weight excluding hydrogens is 426 g/mol. The van der Waals surface area contributed by atoms with E-state index in [0.717, 1.165) is 48.0 Å². The molecule has 5 rings (SSSR count). The van der Waals surface area contributed by atoms with Crippen molar-refractivity contribution in [2.24, 2.45) is 0 Å². The lowest BCUT2D eigenvalue weighted by atomic mass is 9.95. The quantitative estimate of drug-likeness (QED) is 0.740. The minimum absolute atomic E-state index is 0.0632. The number of nitrogens with one attached hydrogen (secondary N) is 2. The predicted molar refractivity (Wildman–Crippen MR) is 124 cm³/mol. The highest BCUT2D eigenvalue weighted by Crippen LogP contribution is 2.41. The number of carbonyl (C=O) groups excluding carboxylic acids is 2. The van der Waals surface area contributed by atoms with E-state index in [9.17, 15) is 9.59 Å². The summed E-state index contributed by atoms with van der Waals surface area (Å²) >= 11 is 1.56. The Hall–Kier alpha value is -2.65. The molecule has 2 aromatic rings. The Balaban J connectivity index is 1.36. The fraction of sp³-hybridized carbons (Fsp3) is 0.522. The summed E-state index contributed by atoms with van der Waals surface area (Å²) in [5.74, 6) is 0.491. The first kappa shape index (κ1) is 21.2. The predicted octanol–water partition coefficient (Wildman–Crippen LogP) is 2.56. The molecule has 0 spiro atoms. The van der Waals surface area contributed by atoms with Crippen LogP contribution in [0.2, 0.25) is 0 Å². The van der Waals surface area contributed by atoms with E-state index >= 15 is 0 Å². The summed E-state index contributed by atoms with van der Waals surface area (Å²) in [6, 6.07) is 5.79. The summed E-state index contributed by atoms with van der Waals surface area (Å²) in [5.41, 5.74) is 1.72. The average Bonchev–Trinajstić information content (AvgIpc) is 3.17. The zero-order valence-corrected chi connectivity index (χ0v) is 19.6. The summed E-state index contributed by atoms with van der Waals surface area (Å²) in [4.78, 5) is 35.3. The van der Waals surface area contributed by atoms with E-state index in [0.29, 0.717) is 30.2 Å². The van der Waals surface area contributed by atoms with Crippen molar-refractivity contribution in [3.05, 3.63) is 34.3 Å². The Labute approximate surface area is 191 Å². The van der Waals surface area contributed by atoms with E-state index in [1.807, 2.05) is 32.0 Å². The average molecular weight is 456 g/mol. The van der Waals surface area contributed by atoms with Crippen molar-refractivity contribution in [3.8, 4) is 5.75 Å². The van der Waals surface area contributed by atoms with Crippen molar-refractivity contribution in [1.82, 2.24) is 20.5 Å². The molecule has 1 aromatic carbocycles. The van der Waals surface area contributed by atoms with Gasteiger partial charge in [-0.15, -0.1) is 11.3 Å². The van der Waals surface area contributed by atoms with Crippen LogP contribution in [0.5, 0.6) is 5.75 Å². The minimum atomic E-state index is -0.271. The van der Waals surface area contributed by atoms with E-state index in [4.69, 9.17) is 4.74 Å². The molecule has 0 unspecified atom stereocenters. The summed E-state index contributed by atoms with van der Waals surface area (Å²) in [6.07, 6.45) is 2.70. The van der Waals surface area contributed by atoms with Gasteiger partial charge in [-0.2, -0.15) is 0 Å². The molecule has 0 radical (unpaired) electrons. The molecule has 32 heavy (non-hydrogen) atoms. The topological polar surface area (TPSA) is 86.8 Å². The maximum atomic E-state index is 12.8. The number of amides is 2. The lowest BCUT2D eigenvalue weighted by molar-refractivity contribution is 0.0890. The first-order valence-corrected chi connectivity index (χ1v) is 12.0. The molecule has 9 heteroatoms. The van der Waals surface area contributed by atoms with Crippen molar-refractivity contribution in [2.75, 3.05) is 38.2 Å². The van der Waals surface area contributed by atoms with Crippen molar-refractivity contribution in [3.63, 3.8) is 0 Å². The van der Waals surface area contributed by atoms with Crippen LogP contribution in [0.3, 0.4) is 0 Å². The highest BCUT2D eigenvalue weighted by molar-refractivity contribution is 7.16. The summed E-state index contributed by atoms with van der Waals surface area (Å²) in [7, 11) is 2.11. The number of likely N-dealkylation sites (tertiary alicyclic amines) is 1. The van der Waals surface area contributed by atoms with E-state index < -0.39 is 0 Å². The molecule has 1 saturated heterocycles. The second-order valence-corrected chi connectivity index (χ2v) is 10.6. The van der Waals surface area contributed by atoms with Crippen LogP contribution in [-0.4, -0.2) is 66.6 Å². The molecule has 2 amide bonds. The molecule has 1 fully saturated rings. The highest BCUT2D eigenvalue weighted by atomic mass is 32.1. The van der Waals surface area contributed by atoms with Crippen LogP contribution in [0.4, 0.5) is 10.8 Å². The Bertz CT molecular complexity index is 1060. The van der Waals surface area contributed by atoms with Gasteiger partial charge in [-0.3, -0.25) is 9.59 Å². The second kappa shape index (κ2) is 8.04. The number of carbonyl (C=O) groups is 2. The van der Waals surface area contributed by atoms with E-state index in [1.54, 1.807) is 11.3 Å². The molecule has 1 aromatic heterocycles. The van der Waals surface area contributed by atoms with Gasteiger partial charge in [0.2, 0.25) is 0 Å². The molecule has 0 aliphatic carbocycles. The van der Waals surface area contributed by atoms with Crippen molar-refractivity contribution in [1.29, 1.82) is 0 Å². The lowest BCUT2D eigenvalue weighted by Crippen LogP contribution is -2.48. The van der Waals surface area contributed by atoms with Crippen LogP contribution in [-0.2, 0) is 6.42 Å². The number of thiazole rings is 1. The van der Waals surface area contributed by atoms with E-state index in [-0.39, 0.29) is 23.4 Å². The smallest absolute Gasteiger partial charge is 0.271 e. The van der Waals surface area contributed by atoms with E-state index in [1.165, 1.54) is 0 Å². The molecule has 3 aliphatic rings. The third kappa shape index (κ3) is 4.06. The first-order chi connectivity index (χ1) is 15.3. The number of piperidine rings is 1. The van der Waals surface area contributed by atoms with Gasteiger partial charge in [-0.1, -0.05) is 0 Å². The molecule has 2 N–H and O–H groups in total. The molecule has 0 saturated carbocycles. The fourth-order valence-electron chi connectivity index (χ4n) is 4.55. The van der Waals surface area contributed by atoms with Crippen molar-refractivity contribution in [2.45, 2.75) is 44.7 Å². The number of anilines is 2. The number of hydrogen-bond acceptors (Lipinski definition) is 7. The van der Waals surface area contributed by atoms with Gasteiger partial charge >= 0.3 is 0 Å². The Morgan fingerprint density at radius 1 is 1.28 bits per heavy atom. The zero-order chi connectivity index (χ0) is 22.5. The van der Waals surface area contributed by atoms with E-state index in [2.05, 4.69) is 32.5 Å². The molecule has 0 bridgehead atoms. The van der Waals surface area contributed by atoms with Gasteiger partial charge < -0.3 is 25.2 Å². The van der Waals surface area contributed by atoms with Crippen LogP contribution < -0.4 is 20.3 Å². The van der Waals surface area contributed by atoms with Gasteiger partial charge in [0.05, 0.1) is 12.2 Å². The molecular formula is C23H29N5O3S. The number of fused-ring (bicyclic) bond motifs is 2. The zero-order valence-electron chi connectivity index (χ0n) is 18.7. The summed E-state index contributed by atoms with van der Waals surface area (Å²) in [6.45, 7) is 7.19. The van der Waals surface area contributed by atoms with Crippen LogP contribution in [0.1, 0.15) is 52.4 Å². The molecule has 0 atom stereocenters. The third-order valence-electron chi connectivity index (χ3n) is 6.33. The number of ether oxygens (including phenoxy) is 1. The van der Waals surface area contributed by atoms with Crippen LogP contribution in [0.15, 0.2) is 18.2 Å². The standard InChI is InChI=1S/C23H29N5O3S/c1-23(2)13-18-19(21(30)26-23)25-22(32-18)28-10-11-31-17-12-14(4-5-16(17)28)20(29)24-15-6-8-27(3)9-7-15/h4-5,12,15H,6-11,13H2,1-3H3,(H,24,29)(H,26,30). The first-order valence-electron chi connectivity index (χ1n) is 11.1. The molecule has 8 nitrogen and oxygen atoms in total. The van der Waals surface area contributed by atoms with Crippen LogP contribution in [0.25, 0.3) is 0 Å². The van der Waals surface area contributed by atoms with Crippen LogP contribution in [0, 0.1) is 0 Å². The maximum Gasteiger partial charge on any atom is 0.271 e. The summed E-state index contributed by atoms with van der Waals surface area (Å²) in [5, 5.41) is 6.97. The van der Waals surface area contributed by atoms with Crippen molar-refractivity contribution < 1.29 is 14.3 Å². The van der Waals surface area contributed by atoms with Gasteiger partial charge in [0.1, 0.15) is 18.1 Å². The Morgan fingerprint density at radius 2 is 2.06 bits per heavy atom. The Morgan fingerprint density at radius 3 is 2.84 bits per heavy atom. The van der Waals surface area contributed by atoms with Gasteiger partial charge in [0, 0.05) is 28.4 Å². The summed E-state index contributed by atoms with van der Waals surface area (Å²) < 4.78 is 5.90. The molecule has 170 valence electrons. The Kier molecular flexibility index (Phi) is 5.33. The minimum Gasteiger partial charge on any atom is -0.490 e. The second-order valence-electron chi connectivity index (χ2n) is 9.52. The van der Waals surface area contributed by atoms with Gasteiger partial charge in [-0.05, 0) is 65.0 Å². The molecule has 4 heterocycles. The van der Waals surface area contributed by atoms with Crippen molar-refractivity contribution >= 4 is 34.0 Å². The third-order valence-corrected chi connectivity index (χ3v) is 7.40. The number of aromatic nitrogens is 1. The molecule has 3 aliphatic heterocycles. The van der Waals surface area contributed by atoms with Gasteiger partial charge in [-0.25, -0.2) is 4.98 Å². The number of rotatable bonds is 3. The largest absolute Gasteiger partial charge is 0.490 e. The fourth-order valence-corrected chi connectivity index (χ4v) is 5.87. The van der Waals surface area contributed by atoms with Gasteiger partial charge in [0.15, 0.2) is 5.13 Å². The monoisotopic (exact) mass is 455 g/mol. The normalized spacial score (nSPS) is 20.7. The number of hydrogen-bond donors (Lipinski definition) is 2. The SMILES string of the molecule is CN1CCC(NC(=O)c2ccc3c(c2)OCCN3c2nc3c(s2)CC(C)(C)NC3=O)CC1. The van der Waals surface area contributed by atoms with Crippen LogP contribution >= 0.6 is 11.3 Å². The highest BCUT2D eigenvalue weighted by Gasteiger charge is 2.35. The number of benzene rings is 1. The number of nitrogens with zero attached hydrogens (tertiary/aromatic N) is 3.